The summed E-state index contributed by atoms with van der Waals surface area (Å²) in [4.78, 5) is 24.1. The van der Waals surface area contributed by atoms with Crippen LogP contribution in [0.25, 0.3) is 10.9 Å². The van der Waals surface area contributed by atoms with Gasteiger partial charge in [-0.15, -0.1) is 0 Å². The lowest BCUT2D eigenvalue weighted by Crippen LogP contribution is -2.37. The topological polar surface area (TPSA) is 58.1 Å². The van der Waals surface area contributed by atoms with E-state index in [1.54, 1.807) is 0 Å². The lowest BCUT2D eigenvalue weighted by Gasteiger charge is -2.23. The van der Waals surface area contributed by atoms with Gasteiger partial charge in [0.05, 0.1) is 10.8 Å². The fraction of sp³-hybridized carbons (Fsp3) is 0.526. The fourth-order valence-electron chi connectivity index (χ4n) is 3.17. The number of likely N-dealkylation sites (tertiary alicyclic amines) is 1. The van der Waals surface area contributed by atoms with Crippen molar-refractivity contribution in [1.29, 1.82) is 0 Å². The molecule has 0 bridgehead atoms. The highest BCUT2D eigenvalue weighted by molar-refractivity contribution is 8.00. The Morgan fingerprint density at radius 2 is 1.92 bits per heavy atom. The second-order valence-corrected chi connectivity index (χ2v) is 7.71. The highest BCUT2D eigenvalue weighted by atomic mass is 32.2. The minimum Gasteiger partial charge on any atom is -0.370 e. The maximum absolute atomic E-state index is 12.8. The van der Waals surface area contributed by atoms with Crippen molar-refractivity contribution in [2.75, 3.05) is 25.0 Å². The average Bonchev–Trinajstić information content (AvgIpc) is 2.90. The lowest BCUT2D eigenvalue weighted by molar-refractivity contribution is -0.130. The number of nitrogens with zero attached hydrogens (tertiary/aromatic N) is 3. The maximum atomic E-state index is 12.8. The molecule has 1 amide bonds. The van der Waals surface area contributed by atoms with Gasteiger partial charge in [0.25, 0.3) is 0 Å². The first-order chi connectivity index (χ1) is 12.2. The number of benzene rings is 1. The molecule has 1 aromatic heterocycles. The van der Waals surface area contributed by atoms with Crippen LogP contribution in [-0.2, 0) is 4.79 Å². The van der Waals surface area contributed by atoms with E-state index in [9.17, 15) is 4.79 Å². The molecule has 1 aliphatic rings. The Morgan fingerprint density at radius 1 is 1.20 bits per heavy atom. The molecule has 1 saturated heterocycles. The van der Waals surface area contributed by atoms with Crippen LogP contribution in [0, 0.1) is 0 Å². The third-order valence-electron chi connectivity index (χ3n) is 4.47. The van der Waals surface area contributed by atoms with Crippen molar-refractivity contribution in [3.05, 3.63) is 24.3 Å². The Morgan fingerprint density at radius 3 is 2.64 bits per heavy atom. The normalized spacial score (nSPS) is 16.5. The summed E-state index contributed by atoms with van der Waals surface area (Å²) in [6.45, 7) is 6.57. The molecule has 5 nitrogen and oxygen atoms in total. The highest BCUT2D eigenvalue weighted by Crippen LogP contribution is 2.27. The van der Waals surface area contributed by atoms with Crippen LogP contribution in [0.1, 0.15) is 39.5 Å². The lowest BCUT2D eigenvalue weighted by atomic mass is 10.2. The van der Waals surface area contributed by atoms with Crippen LogP contribution in [0.2, 0.25) is 0 Å². The molecule has 1 fully saturated rings. The minimum atomic E-state index is -0.172. The zero-order chi connectivity index (χ0) is 17.6. The molecule has 2 heterocycles. The Kier molecular flexibility index (Phi) is 6.13. The van der Waals surface area contributed by atoms with Crippen LogP contribution in [-0.4, -0.2) is 45.7 Å². The molecule has 0 unspecified atom stereocenters. The monoisotopic (exact) mass is 358 g/mol. The second kappa shape index (κ2) is 8.52. The average molecular weight is 359 g/mol. The number of aromatic nitrogens is 2. The van der Waals surface area contributed by atoms with E-state index in [4.69, 9.17) is 0 Å². The van der Waals surface area contributed by atoms with Gasteiger partial charge in [0.1, 0.15) is 5.82 Å². The van der Waals surface area contributed by atoms with Gasteiger partial charge < -0.3 is 10.2 Å². The van der Waals surface area contributed by atoms with Crippen LogP contribution in [0.4, 0.5) is 5.82 Å². The van der Waals surface area contributed by atoms with Crippen LogP contribution >= 0.6 is 11.8 Å². The van der Waals surface area contributed by atoms with Crippen LogP contribution in [0.15, 0.2) is 29.4 Å². The molecule has 25 heavy (non-hydrogen) atoms. The second-order valence-electron chi connectivity index (χ2n) is 6.40. The van der Waals surface area contributed by atoms with Gasteiger partial charge in [-0.05, 0) is 38.8 Å². The third-order valence-corrected chi connectivity index (χ3v) is 5.42. The van der Waals surface area contributed by atoms with E-state index in [2.05, 4.69) is 22.2 Å². The summed E-state index contributed by atoms with van der Waals surface area (Å²) in [5.74, 6) is 1.04. The van der Waals surface area contributed by atoms with E-state index < -0.39 is 0 Å². The standard InChI is InChI=1S/C19H26N4OS/c1-3-20-17-15-10-6-7-11-16(15)21-19(22-17)25-14(2)18(24)23-12-8-4-5-9-13-23/h6-7,10-11,14H,3-5,8-9,12-13H2,1-2H3,(H,20,21,22)/t14-/m1/s1. The van der Waals surface area contributed by atoms with Gasteiger partial charge in [0.2, 0.25) is 5.91 Å². The van der Waals surface area contributed by atoms with E-state index in [1.165, 1.54) is 24.6 Å². The molecular weight excluding hydrogens is 332 g/mol. The molecule has 1 aliphatic heterocycles. The number of amides is 1. The van der Waals surface area contributed by atoms with Gasteiger partial charge in [-0.3, -0.25) is 4.79 Å². The number of carbonyl (C=O) groups is 1. The molecule has 0 aliphatic carbocycles. The first kappa shape index (κ1) is 18.0. The number of hydrogen-bond donors (Lipinski definition) is 1. The summed E-state index contributed by atoms with van der Waals surface area (Å²) >= 11 is 1.45. The minimum absolute atomic E-state index is 0.172. The van der Waals surface area contributed by atoms with Crippen LogP contribution in [0.5, 0.6) is 0 Å². The van der Waals surface area contributed by atoms with E-state index in [1.807, 2.05) is 36.1 Å². The molecule has 1 aromatic carbocycles. The van der Waals surface area contributed by atoms with Gasteiger partial charge in [0.15, 0.2) is 5.16 Å². The van der Waals surface area contributed by atoms with Crippen molar-refractivity contribution in [3.63, 3.8) is 0 Å². The summed E-state index contributed by atoms with van der Waals surface area (Å²) in [6.07, 6.45) is 4.68. The zero-order valence-corrected chi connectivity index (χ0v) is 15.8. The van der Waals surface area contributed by atoms with Gasteiger partial charge in [0, 0.05) is 25.0 Å². The zero-order valence-electron chi connectivity index (χ0n) is 15.0. The molecule has 6 heteroatoms. The van der Waals surface area contributed by atoms with Crippen molar-refractivity contribution in [3.8, 4) is 0 Å². The Hall–Kier alpha value is -1.82. The molecular formula is C19H26N4OS. The molecule has 134 valence electrons. The number of rotatable bonds is 5. The summed E-state index contributed by atoms with van der Waals surface area (Å²) in [7, 11) is 0. The SMILES string of the molecule is CCNc1nc(S[C@H](C)C(=O)N2CCCCCC2)nc2ccccc12. The Labute approximate surface area is 153 Å². The number of anilines is 1. The molecule has 2 aromatic rings. The van der Waals surface area contributed by atoms with Gasteiger partial charge in [-0.25, -0.2) is 9.97 Å². The van der Waals surface area contributed by atoms with Crippen molar-refractivity contribution >= 4 is 34.4 Å². The summed E-state index contributed by atoms with van der Waals surface area (Å²) in [5, 5.41) is 4.80. The van der Waals surface area contributed by atoms with Gasteiger partial charge >= 0.3 is 0 Å². The van der Waals surface area contributed by atoms with Crippen LogP contribution < -0.4 is 5.32 Å². The number of thioether (sulfide) groups is 1. The van der Waals surface area contributed by atoms with Crippen LogP contribution in [0.3, 0.4) is 0 Å². The number of para-hydroxylation sites is 1. The van der Waals surface area contributed by atoms with Gasteiger partial charge in [-0.1, -0.05) is 36.7 Å². The number of nitrogens with one attached hydrogen (secondary N) is 1. The van der Waals surface area contributed by atoms with Gasteiger partial charge in [-0.2, -0.15) is 0 Å². The largest absolute Gasteiger partial charge is 0.370 e. The van der Waals surface area contributed by atoms with Crippen molar-refractivity contribution in [2.45, 2.75) is 49.9 Å². The predicted octanol–water partition coefficient (Wildman–Crippen LogP) is 3.94. The first-order valence-electron chi connectivity index (χ1n) is 9.15. The molecule has 0 saturated carbocycles. The first-order valence-corrected chi connectivity index (χ1v) is 10.0. The summed E-state index contributed by atoms with van der Waals surface area (Å²) in [5.41, 5.74) is 0.908. The van der Waals surface area contributed by atoms with E-state index in [0.29, 0.717) is 5.16 Å². The number of hydrogen-bond acceptors (Lipinski definition) is 5. The smallest absolute Gasteiger partial charge is 0.235 e. The molecule has 1 atom stereocenters. The molecule has 1 N–H and O–H groups in total. The molecule has 0 spiro atoms. The van der Waals surface area contributed by atoms with Crippen molar-refractivity contribution in [2.24, 2.45) is 0 Å². The fourth-order valence-corrected chi connectivity index (χ4v) is 4.03. The van der Waals surface area contributed by atoms with Crippen molar-refractivity contribution in [1.82, 2.24) is 14.9 Å². The maximum Gasteiger partial charge on any atom is 0.235 e. The van der Waals surface area contributed by atoms with E-state index in [-0.39, 0.29) is 11.2 Å². The number of carbonyl (C=O) groups excluding carboxylic acids is 1. The summed E-state index contributed by atoms with van der Waals surface area (Å²) < 4.78 is 0. The highest BCUT2D eigenvalue weighted by Gasteiger charge is 2.23. The molecule has 3 rings (SSSR count). The van der Waals surface area contributed by atoms with E-state index in [0.717, 1.165) is 49.2 Å². The number of fused-ring (bicyclic) bond motifs is 1. The third kappa shape index (κ3) is 4.42. The quantitative estimate of drug-likeness (QED) is 0.648. The predicted molar refractivity (Wildman–Crippen MR) is 104 cm³/mol. The Balaban J connectivity index is 1.78. The molecule has 0 radical (unpaired) electrons. The van der Waals surface area contributed by atoms with E-state index >= 15 is 0 Å². The summed E-state index contributed by atoms with van der Waals surface area (Å²) in [6, 6.07) is 7.98. The van der Waals surface area contributed by atoms with Crippen molar-refractivity contribution < 1.29 is 4.79 Å². The Bertz CT molecular complexity index is 728.